The molecule has 0 aromatic carbocycles. The van der Waals surface area contributed by atoms with Gasteiger partial charge in [0.25, 0.3) is 5.91 Å². The smallest absolute Gasteiger partial charge is 0.341 e. The third-order valence-corrected chi connectivity index (χ3v) is 5.25. The van der Waals surface area contributed by atoms with Crippen LogP contribution < -0.4 is 22.1 Å². The minimum Gasteiger partial charge on any atom is -0.448 e. The molecule has 0 radical (unpaired) electrons. The van der Waals surface area contributed by atoms with Crippen molar-refractivity contribution in [3.05, 3.63) is 23.9 Å². The Morgan fingerprint density at radius 2 is 1.53 bits per heavy atom. The number of nitrogens with two attached hydrogens (primary N) is 2. The molecule has 12 heteroatoms. The lowest BCUT2D eigenvalue weighted by molar-refractivity contribution is -0.131. The largest absolute Gasteiger partial charge is 0.448 e. The first-order valence-electron chi connectivity index (χ1n) is 8.97. The van der Waals surface area contributed by atoms with Crippen molar-refractivity contribution in [2.24, 2.45) is 23.3 Å². The van der Waals surface area contributed by atoms with Gasteiger partial charge in [0.15, 0.2) is 6.10 Å². The zero-order valence-electron chi connectivity index (χ0n) is 17.0. The van der Waals surface area contributed by atoms with Gasteiger partial charge in [-0.3, -0.25) is 20.2 Å². The highest BCUT2D eigenvalue weighted by Gasteiger charge is 2.31. The van der Waals surface area contributed by atoms with Gasteiger partial charge in [-0.15, -0.1) is 0 Å². The van der Waals surface area contributed by atoms with Crippen LogP contribution in [0.1, 0.15) is 38.1 Å². The number of carbonyl (C=O) groups excluding carboxylic acids is 5. The van der Waals surface area contributed by atoms with Crippen LogP contribution in [-0.4, -0.2) is 46.2 Å². The summed E-state index contributed by atoms with van der Waals surface area (Å²) in [5.74, 6) is -3.05. The van der Waals surface area contributed by atoms with Gasteiger partial charge in [-0.25, -0.2) is 19.4 Å². The van der Waals surface area contributed by atoms with Crippen LogP contribution in [0.25, 0.3) is 0 Å². The number of esters is 1. The van der Waals surface area contributed by atoms with Gasteiger partial charge >= 0.3 is 18.0 Å². The van der Waals surface area contributed by atoms with Crippen molar-refractivity contribution in [2.75, 3.05) is 0 Å². The summed E-state index contributed by atoms with van der Waals surface area (Å²) in [5.41, 5.74) is 9.97. The molecule has 0 saturated heterocycles. The molecule has 6 amide bonds. The molecule has 2 unspecified atom stereocenters. The second kappa shape index (κ2) is 11.1. The molecular weight excluding hydrogens is 414 g/mol. The lowest BCUT2D eigenvalue weighted by Gasteiger charge is -2.22. The van der Waals surface area contributed by atoms with E-state index < -0.39 is 47.1 Å². The molecule has 11 nitrogen and oxygen atoms in total. The van der Waals surface area contributed by atoms with Crippen LogP contribution in [0.2, 0.25) is 0 Å². The Labute approximate surface area is 177 Å². The maximum atomic E-state index is 12.7. The van der Waals surface area contributed by atoms with Gasteiger partial charge < -0.3 is 16.2 Å². The van der Waals surface area contributed by atoms with E-state index in [1.54, 1.807) is 27.7 Å². The van der Waals surface area contributed by atoms with Crippen molar-refractivity contribution in [3.8, 4) is 0 Å². The number of amides is 6. The Morgan fingerprint density at radius 1 is 0.967 bits per heavy atom. The van der Waals surface area contributed by atoms with Crippen molar-refractivity contribution in [1.82, 2.24) is 15.6 Å². The van der Waals surface area contributed by atoms with E-state index >= 15 is 0 Å². The number of carbonyl (C=O) groups is 5. The Morgan fingerprint density at radius 3 is 2.03 bits per heavy atom. The number of aromatic nitrogens is 1. The summed E-state index contributed by atoms with van der Waals surface area (Å²) < 4.78 is 5.28. The van der Waals surface area contributed by atoms with E-state index in [-0.39, 0.29) is 16.5 Å². The monoisotopic (exact) mass is 439 g/mol. The number of nitrogens with zero attached hydrogens (tertiary/aromatic N) is 1. The summed E-state index contributed by atoms with van der Waals surface area (Å²) >= 11 is 0.950. The number of hydrogen-bond donors (Lipinski definition) is 4. The molecule has 164 valence electrons. The summed E-state index contributed by atoms with van der Waals surface area (Å²) in [4.78, 5) is 63.2. The molecular formula is C18H25N5O6S. The van der Waals surface area contributed by atoms with Gasteiger partial charge in [0, 0.05) is 6.20 Å². The Kier molecular flexibility index (Phi) is 9.24. The quantitative estimate of drug-likeness (QED) is 0.338. The number of imide groups is 2. The number of pyridine rings is 1. The minimum atomic E-state index is -1.28. The van der Waals surface area contributed by atoms with Gasteiger partial charge in [0.1, 0.15) is 5.03 Å². The fraction of sp³-hybridized carbons (Fsp3) is 0.444. The van der Waals surface area contributed by atoms with Crippen molar-refractivity contribution in [2.45, 2.75) is 44.1 Å². The number of hydrogen-bond acceptors (Lipinski definition) is 8. The SMILES string of the molecule is CC(C)C(OC(=O)c1cccnc1SC(C(=O)NC(N)=O)C(C)C)C(=O)NC(N)=O. The maximum Gasteiger partial charge on any atom is 0.341 e. The number of rotatable bonds is 8. The fourth-order valence-corrected chi connectivity index (χ4v) is 3.39. The first-order chi connectivity index (χ1) is 13.9. The molecule has 0 fully saturated rings. The second-order valence-electron chi connectivity index (χ2n) is 6.92. The third kappa shape index (κ3) is 7.35. The lowest BCUT2D eigenvalue weighted by Crippen LogP contribution is -2.45. The number of ether oxygens (including phenoxy) is 1. The highest BCUT2D eigenvalue weighted by atomic mass is 32.2. The Hall–Kier alpha value is -3.15. The second-order valence-corrected chi connectivity index (χ2v) is 8.05. The van der Waals surface area contributed by atoms with E-state index in [1.807, 2.05) is 10.6 Å². The molecule has 0 saturated carbocycles. The van der Waals surface area contributed by atoms with Crippen molar-refractivity contribution in [1.29, 1.82) is 0 Å². The van der Waals surface area contributed by atoms with Gasteiger partial charge in [-0.05, 0) is 24.0 Å². The summed E-state index contributed by atoms with van der Waals surface area (Å²) in [5, 5.41) is 3.28. The number of urea groups is 2. The van der Waals surface area contributed by atoms with E-state index in [1.165, 1.54) is 18.3 Å². The zero-order valence-corrected chi connectivity index (χ0v) is 17.8. The predicted molar refractivity (Wildman–Crippen MR) is 108 cm³/mol. The van der Waals surface area contributed by atoms with Crippen LogP contribution in [0.3, 0.4) is 0 Å². The Balaban J connectivity index is 3.12. The standard InChI is InChI=1S/C18H25N5O6S/c1-8(2)11(13(24)22-17(19)27)29-16(26)10-6-5-7-21-15(10)30-12(9(3)4)14(25)23-18(20)28/h5-9,11-12H,1-4H3,(H3,19,22,24,27)(H3,20,23,25,28). The summed E-state index contributed by atoms with van der Waals surface area (Å²) in [6.07, 6.45) is 0.143. The van der Waals surface area contributed by atoms with Gasteiger partial charge in [0.05, 0.1) is 10.8 Å². The van der Waals surface area contributed by atoms with Crippen molar-refractivity contribution >= 4 is 41.6 Å². The lowest BCUT2D eigenvalue weighted by atomic mass is 10.1. The average molecular weight is 439 g/mol. The van der Waals surface area contributed by atoms with Crippen molar-refractivity contribution < 1.29 is 28.7 Å². The topological polar surface area (TPSA) is 184 Å². The van der Waals surface area contributed by atoms with Gasteiger partial charge in [0.2, 0.25) is 5.91 Å². The minimum absolute atomic E-state index is 0.0116. The molecule has 1 heterocycles. The van der Waals surface area contributed by atoms with Gasteiger partial charge in [-0.2, -0.15) is 0 Å². The van der Waals surface area contributed by atoms with Crippen molar-refractivity contribution in [3.63, 3.8) is 0 Å². The highest BCUT2D eigenvalue weighted by molar-refractivity contribution is 8.00. The summed E-state index contributed by atoms with van der Waals surface area (Å²) in [7, 11) is 0. The zero-order chi connectivity index (χ0) is 23.0. The molecule has 6 N–H and O–H groups in total. The molecule has 0 spiro atoms. The van der Waals surface area contributed by atoms with Crippen LogP contribution in [-0.2, 0) is 14.3 Å². The summed E-state index contributed by atoms with van der Waals surface area (Å²) in [6, 6.07) is 0.846. The Bertz CT molecular complexity index is 829. The number of thioether (sulfide) groups is 1. The molecule has 0 aliphatic heterocycles. The molecule has 0 aliphatic rings. The van der Waals surface area contributed by atoms with E-state index in [0.717, 1.165) is 11.8 Å². The average Bonchev–Trinajstić information content (AvgIpc) is 2.62. The van der Waals surface area contributed by atoms with E-state index in [4.69, 9.17) is 16.2 Å². The fourth-order valence-electron chi connectivity index (χ4n) is 2.31. The normalized spacial score (nSPS) is 12.7. The van der Waals surface area contributed by atoms with E-state index in [2.05, 4.69) is 4.98 Å². The molecule has 0 bridgehead atoms. The molecule has 1 rings (SSSR count). The predicted octanol–water partition coefficient (Wildman–Crippen LogP) is 0.770. The molecule has 1 aromatic rings. The van der Waals surface area contributed by atoms with Crippen LogP contribution in [0.5, 0.6) is 0 Å². The van der Waals surface area contributed by atoms with Gasteiger partial charge in [-0.1, -0.05) is 39.5 Å². The first-order valence-corrected chi connectivity index (χ1v) is 9.85. The highest BCUT2D eigenvalue weighted by Crippen LogP contribution is 2.30. The molecule has 2 atom stereocenters. The first kappa shape index (κ1) is 24.9. The molecule has 1 aromatic heterocycles. The molecule has 30 heavy (non-hydrogen) atoms. The number of primary amides is 2. The number of nitrogens with one attached hydrogen (secondary N) is 2. The third-order valence-electron chi connectivity index (χ3n) is 3.68. The van der Waals surface area contributed by atoms with Crippen LogP contribution in [0, 0.1) is 11.8 Å². The van der Waals surface area contributed by atoms with Crippen LogP contribution in [0.4, 0.5) is 9.59 Å². The maximum absolute atomic E-state index is 12.7. The van der Waals surface area contributed by atoms with Crippen LogP contribution >= 0.6 is 11.8 Å². The van der Waals surface area contributed by atoms with Crippen LogP contribution in [0.15, 0.2) is 23.4 Å². The molecule has 0 aliphatic carbocycles. The van der Waals surface area contributed by atoms with E-state index in [9.17, 15) is 24.0 Å². The summed E-state index contributed by atoms with van der Waals surface area (Å²) in [6.45, 7) is 6.76. The van der Waals surface area contributed by atoms with E-state index in [0.29, 0.717) is 0 Å².